The van der Waals surface area contributed by atoms with Crippen LogP contribution in [0.1, 0.15) is 19.3 Å². The van der Waals surface area contributed by atoms with Gasteiger partial charge in [-0.05, 0) is 19.3 Å². The zero-order valence-electron chi connectivity index (χ0n) is 9.65. The van der Waals surface area contributed by atoms with Crippen molar-refractivity contribution >= 4 is 23.6 Å². The van der Waals surface area contributed by atoms with E-state index < -0.39 is 12.0 Å². The number of amides is 1. The van der Waals surface area contributed by atoms with E-state index in [1.54, 1.807) is 11.8 Å². The van der Waals surface area contributed by atoms with Crippen LogP contribution in [0.3, 0.4) is 0 Å². The Kier molecular flexibility index (Phi) is 6.31. The summed E-state index contributed by atoms with van der Waals surface area (Å²) in [4.78, 5) is 22.0. The number of carbonyl (C=O) groups is 2. The van der Waals surface area contributed by atoms with E-state index in [1.165, 1.54) is 0 Å². The van der Waals surface area contributed by atoms with E-state index in [0.717, 1.165) is 18.7 Å². The maximum atomic E-state index is 11.5. The molecular formula is C10H19N3O3S. The lowest BCUT2D eigenvalue weighted by Gasteiger charge is -2.10. The highest BCUT2D eigenvalue weighted by atomic mass is 32.2. The molecule has 98 valence electrons. The highest BCUT2D eigenvalue weighted by molar-refractivity contribution is 8.00. The molecule has 5 N–H and O–H groups in total. The lowest BCUT2D eigenvalue weighted by molar-refractivity contribution is -0.138. The van der Waals surface area contributed by atoms with E-state index in [9.17, 15) is 9.59 Å². The second kappa shape index (κ2) is 7.52. The van der Waals surface area contributed by atoms with Crippen LogP contribution in [-0.2, 0) is 9.59 Å². The van der Waals surface area contributed by atoms with Gasteiger partial charge in [0.25, 0.3) is 0 Å². The fraction of sp³-hybridized carbons (Fsp3) is 0.800. The Labute approximate surface area is 105 Å². The summed E-state index contributed by atoms with van der Waals surface area (Å²) in [6.45, 7) is 1.44. The number of rotatable bonds is 7. The smallest absolute Gasteiger partial charge is 0.320 e. The molecule has 2 unspecified atom stereocenters. The highest BCUT2D eigenvalue weighted by Gasteiger charge is 2.21. The van der Waals surface area contributed by atoms with Crippen molar-refractivity contribution in [2.75, 3.05) is 18.8 Å². The van der Waals surface area contributed by atoms with Crippen LogP contribution >= 0.6 is 11.8 Å². The average molecular weight is 261 g/mol. The molecule has 7 heteroatoms. The molecule has 0 aromatic heterocycles. The minimum atomic E-state index is -0.972. The van der Waals surface area contributed by atoms with Crippen LogP contribution in [0, 0.1) is 0 Å². The first-order valence-electron chi connectivity index (χ1n) is 5.72. The third-order valence-corrected chi connectivity index (χ3v) is 3.67. The molecule has 6 nitrogen and oxygen atoms in total. The largest absolute Gasteiger partial charge is 0.480 e. The zero-order valence-corrected chi connectivity index (χ0v) is 10.5. The van der Waals surface area contributed by atoms with Crippen molar-refractivity contribution in [1.82, 2.24) is 10.6 Å². The van der Waals surface area contributed by atoms with Crippen molar-refractivity contribution in [2.24, 2.45) is 5.73 Å². The number of nitrogens with one attached hydrogen (secondary N) is 2. The number of hydrogen-bond acceptors (Lipinski definition) is 5. The Morgan fingerprint density at radius 3 is 2.88 bits per heavy atom. The van der Waals surface area contributed by atoms with Crippen LogP contribution in [0.5, 0.6) is 0 Å². The van der Waals surface area contributed by atoms with E-state index in [-0.39, 0.29) is 11.3 Å². The summed E-state index contributed by atoms with van der Waals surface area (Å²) in [5, 5.41) is 14.3. The maximum absolute atomic E-state index is 11.5. The molecular weight excluding hydrogens is 242 g/mol. The van der Waals surface area contributed by atoms with Gasteiger partial charge in [0.2, 0.25) is 5.91 Å². The number of thioether (sulfide) groups is 1. The lowest BCUT2D eigenvalue weighted by atomic mass is 10.1. The molecule has 1 amide bonds. The van der Waals surface area contributed by atoms with Gasteiger partial charge in [-0.3, -0.25) is 14.9 Å². The fourth-order valence-corrected chi connectivity index (χ4v) is 2.45. The molecule has 0 spiro atoms. The quantitative estimate of drug-likeness (QED) is 0.454. The predicted octanol–water partition coefficient (Wildman–Crippen LogP) is -0.653. The van der Waals surface area contributed by atoms with Crippen molar-refractivity contribution in [3.05, 3.63) is 0 Å². The molecule has 1 rings (SSSR count). The van der Waals surface area contributed by atoms with Crippen molar-refractivity contribution in [3.8, 4) is 0 Å². The Balaban J connectivity index is 2.00. The Morgan fingerprint density at radius 1 is 1.53 bits per heavy atom. The van der Waals surface area contributed by atoms with Gasteiger partial charge in [-0.15, -0.1) is 11.8 Å². The predicted molar refractivity (Wildman–Crippen MR) is 66.7 cm³/mol. The minimum Gasteiger partial charge on any atom is -0.480 e. The summed E-state index contributed by atoms with van der Waals surface area (Å²) in [6, 6.07) is -0.794. The molecule has 2 atom stereocenters. The SMILES string of the molecule is NC(CCCCNC(=O)C1NCCS1)C(=O)O. The standard InChI is InChI=1S/C10H19N3O3S/c11-7(10(15)16)3-1-2-4-12-8(14)9-13-5-6-17-9/h7,9,13H,1-6,11H2,(H,12,14)(H,15,16). The zero-order chi connectivity index (χ0) is 12.7. The van der Waals surface area contributed by atoms with E-state index in [0.29, 0.717) is 19.4 Å². The topological polar surface area (TPSA) is 104 Å². The summed E-state index contributed by atoms with van der Waals surface area (Å²) < 4.78 is 0. The summed E-state index contributed by atoms with van der Waals surface area (Å²) in [5.41, 5.74) is 5.36. The molecule has 1 aliphatic rings. The highest BCUT2D eigenvalue weighted by Crippen LogP contribution is 2.13. The summed E-state index contributed by atoms with van der Waals surface area (Å²) in [6.07, 6.45) is 1.91. The Hall–Kier alpha value is -0.790. The monoisotopic (exact) mass is 261 g/mol. The van der Waals surface area contributed by atoms with Gasteiger partial charge in [0.1, 0.15) is 11.4 Å². The third-order valence-electron chi connectivity index (χ3n) is 2.51. The van der Waals surface area contributed by atoms with E-state index in [1.807, 2.05) is 0 Å². The number of carboxylic acid groups (broad SMARTS) is 1. The van der Waals surface area contributed by atoms with E-state index >= 15 is 0 Å². The molecule has 0 aromatic carbocycles. The van der Waals surface area contributed by atoms with E-state index in [4.69, 9.17) is 10.8 Å². The number of unbranched alkanes of at least 4 members (excludes halogenated alkanes) is 1. The van der Waals surface area contributed by atoms with Crippen molar-refractivity contribution in [1.29, 1.82) is 0 Å². The second-order valence-electron chi connectivity index (χ2n) is 3.94. The van der Waals surface area contributed by atoms with Crippen molar-refractivity contribution < 1.29 is 14.7 Å². The summed E-state index contributed by atoms with van der Waals surface area (Å²) >= 11 is 1.60. The number of carbonyl (C=O) groups excluding carboxylic acids is 1. The van der Waals surface area contributed by atoms with Crippen LogP contribution in [0.4, 0.5) is 0 Å². The summed E-state index contributed by atoms with van der Waals surface area (Å²) in [5.74, 6) is 0.00146. The van der Waals surface area contributed by atoms with Crippen molar-refractivity contribution in [3.63, 3.8) is 0 Å². The van der Waals surface area contributed by atoms with Crippen LogP contribution < -0.4 is 16.4 Å². The molecule has 1 fully saturated rings. The number of carboxylic acids is 1. The van der Waals surface area contributed by atoms with Crippen LogP contribution in [0.15, 0.2) is 0 Å². The molecule has 1 aliphatic heterocycles. The van der Waals surface area contributed by atoms with Gasteiger partial charge in [-0.1, -0.05) is 0 Å². The minimum absolute atomic E-state index is 0.00929. The fourth-order valence-electron chi connectivity index (χ4n) is 1.51. The van der Waals surface area contributed by atoms with Crippen molar-refractivity contribution in [2.45, 2.75) is 30.7 Å². The normalized spacial score (nSPS) is 21.1. The maximum Gasteiger partial charge on any atom is 0.320 e. The number of nitrogens with two attached hydrogens (primary N) is 1. The van der Waals surface area contributed by atoms with Gasteiger partial charge in [0.15, 0.2) is 0 Å². The molecule has 0 aromatic rings. The van der Waals surface area contributed by atoms with Gasteiger partial charge in [-0.2, -0.15) is 0 Å². The first kappa shape index (κ1) is 14.3. The number of hydrogen-bond donors (Lipinski definition) is 4. The first-order chi connectivity index (χ1) is 8.11. The van der Waals surface area contributed by atoms with Gasteiger partial charge in [-0.25, -0.2) is 0 Å². The van der Waals surface area contributed by atoms with Gasteiger partial charge in [0.05, 0.1) is 0 Å². The Morgan fingerprint density at radius 2 is 2.29 bits per heavy atom. The Bertz CT molecular complexity index is 270. The van der Waals surface area contributed by atoms with Gasteiger partial charge < -0.3 is 16.2 Å². The third kappa shape index (κ3) is 5.38. The van der Waals surface area contributed by atoms with Crippen LogP contribution in [-0.4, -0.2) is 47.2 Å². The molecule has 1 heterocycles. The van der Waals surface area contributed by atoms with Crippen LogP contribution in [0.25, 0.3) is 0 Å². The molecule has 0 saturated carbocycles. The van der Waals surface area contributed by atoms with Gasteiger partial charge >= 0.3 is 5.97 Å². The van der Waals surface area contributed by atoms with E-state index in [2.05, 4.69) is 10.6 Å². The molecule has 1 saturated heterocycles. The first-order valence-corrected chi connectivity index (χ1v) is 6.77. The second-order valence-corrected chi connectivity index (χ2v) is 5.15. The average Bonchev–Trinajstić information content (AvgIpc) is 2.81. The molecule has 0 radical (unpaired) electrons. The van der Waals surface area contributed by atoms with Gasteiger partial charge in [0, 0.05) is 18.8 Å². The molecule has 0 aliphatic carbocycles. The molecule has 17 heavy (non-hydrogen) atoms. The lowest BCUT2D eigenvalue weighted by Crippen LogP contribution is -2.39. The summed E-state index contributed by atoms with van der Waals surface area (Å²) in [7, 11) is 0. The molecule has 0 bridgehead atoms. The van der Waals surface area contributed by atoms with Crippen LogP contribution in [0.2, 0.25) is 0 Å². The number of aliphatic carboxylic acids is 1.